The van der Waals surface area contributed by atoms with Gasteiger partial charge in [0.1, 0.15) is 0 Å². The Kier molecular flexibility index (Phi) is 7.87. The van der Waals surface area contributed by atoms with Crippen molar-refractivity contribution in [3.63, 3.8) is 0 Å². The summed E-state index contributed by atoms with van der Waals surface area (Å²) < 4.78 is 22.3. The molecule has 0 unspecified atom stereocenters. The van der Waals surface area contributed by atoms with E-state index < -0.39 is 10.0 Å². The summed E-state index contributed by atoms with van der Waals surface area (Å²) in [6.45, 7) is 4.52. The van der Waals surface area contributed by atoms with Crippen LogP contribution < -0.4 is 10.5 Å². The second kappa shape index (κ2) is 9.39. The van der Waals surface area contributed by atoms with Crippen molar-refractivity contribution in [1.82, 2.24) is 10.2 Å². The molecule has 0 spiro atoms. The maximum Gasteiger partial charge on any atom is 0.239 e. The van der Waals surface area contributed by atoms with Gasteiger partial charge in [-0.2, -0.15) is 0 Å². The summed E-state index contributed by atoms with van der Waals surface area (Å²) in [6, 6.07) is 6.20. The molecule has 0 bridgehead atoms. The van der Waals surface area contributed by atoms with E-state index >= 15 is 0 Å². The molecule has 3 N–H and O–H groups in total. The maximum atomic E-state index is 11.9. The Hall–Kier alpha value is -1.93. The SMILES string of the molecule is CCCCN(CC(=O)NCCc1ccc(S(N)(=O)=O)cc1)C(C)=O. The Balaban J connectivity index is 2.43. The number of nitrogens with zero attached hydrogens (tertiary/aromatic N) is 1. The molecule has 134 valence electrons. The number of sulfonamides is 1. The molecule has 1 aromatic rings. The highest BCUT2D eigenvalue weighted by Gasteiger charge is 2.12. The third-order valence-electron chi connectivity index (χ3n) is 3.55. The number of rotatable bonds is 9. The van der Waals surface area contributed by atoms with Gasteiger partial charge in [-0.3, -0.25) is 9.59 Å². The number of carbonyl (C=O) groups is 2. The first-order valence-electron chi connectivity index (χ1n) is 7.88. The number of nitrogens with one attached hydrogen (secondary N) is 1. The summed E-state index contributed by atoms with van der Waals surface area (Å²) in [5.41, 5.74) is 0.886. The van der Waals surface area contributed by atoms with E-state index in [2.05, 4.69) is 5.32 Å². The van der Waals surface area contributed by atoms with Crippen LogP contribution in [0.2, 0.25) is 0 Å². The van der Waals surface area contributed by atoms with Gasteiger partial charge < -0.3 is 10.2 Å². The Morgan fingerprint density at radius 1 is 1.21 bits per heavy atom. The lowest BCUT2D eigenvalue weighted by molar-refractivity contribution is -0.134. The molecule has 0 aromatic heterocycles. The predicted octanol–water partition coefficient (Wildman–Crippen LogP) is 0.641. The molecule has 2 amide bonds. The molecule has 0 atom stereocenters. The minimum Gasteiger partial charge on any atom is -0.354 e. The van der Waals surface area contributed by atoms with E-state index in [-0.39, 0.29) is 23.3 Å². The second-order valence-electron chi connectivity index (χ2n) is 5.58. The smallest absolute Gasteiger partial charge is 0.239 e. The Morgan fingerprint density at radius 2 is 1.83 bits per heavy atom. The first-order valence-corrected chi connectivity index (χ1v) is 9.42. The minimum absolute atomic E-state index is 0.0552. The van der Waals surface area contributed by atoms with E-state index in [1.807, 2.05) is 6.92 Å². The molecule has 0 heterocycles. The molecule has 0 saturated heterocycles. The first kappa shape index (κ1) is 20.1. The summed E-state index contributed by atoms with van der Waals surface area (Å²) in [6.07, 6.45) is 2.38. The topological polar surface area (TPSA) is 110 Å². The van der Waals surface area contributed by atoms with Gasteiger partial charge in [0.25, 0.3) is 0 Å². The van der Waals surface area contributed by atoms with Crippen LogP contribution in [0.1, 0.15) is 32.3 Å². The van der Waals surface area contributed by atoms with Crippen LogP contribution in [0.5, 0.6) is 0 Å². The molecule has 0 aliphatic heterocycles. The summed E-state index contributed by atoms with van der Waals surface area (Å²) in [5.74, 6) is -0.320. The molecule has 1 aromatic carbocycles. The fourth-order valence-electron chi connectivity index (χ4n) is 2.12. The van der Waals surface area contributed by atoms with Crippen LogP contribution in [0, 0.1) is 0 Å². The third-order valence-corrected chi connectivity index (χ3v) is 4.48. The van der Waals surface area contributed by atoms with Gasteiger partial charge in [0.2, 0.25) is 21.8 Å². The van der Waals surface area contributed by atoms with Crippen molar-refractivity contribution in [3.05, 3.63) is 29.8 Å². The highest BCUT2D eigenvalue weighted by molar-refractivity contribution is 7.89. The zero-order chi connectivity index (χ0) is 18.2. The standard InChI is InChI=1S/C16H25N3O4S/c1-3-4-11-19(13(2)20)12-16(21)18-10-9-14-5-7-15(8-6-14)24(17,22)23/h5-8H,3-4,9-12H2,1-2H3,(H,18,21)(H2,17,22,23). The minimum atomic E-state index is -3.69. The summed E-state index contributed by atoms with van der Waals surface area (Å²) in [4.78, 5) is 25.0. The average molecular weight is 355 g/mol. The van der Waals surface area contributed by atoms with Gasteiger partial charge in [-0.15, -0.1) is 0 Å². The highest BCUT2D eigenvalue weighted by Crippen LogP contribution is 2.08. The van der Waals surface area contributed by atoms with Gasteiger partial charge in [0, 0.05) is 20.0 Å². The Bertz CT molecular complexity index is 656. The van der Waals surface area contributed by atoms with Crippen LogP contribution in [-0.4, -0.2) is 44.8 Å². The number of amides is 2. The molecule has 1 rings (SSSR count). The van der Waals surface area contributed by atoms with Crippen molar-refractivity contribution < 1.29 is 18.0 Å². The number of hydrogen-bond donors (Lipinski definition) is 2. The van der Waals surface area contributed by atoms with E-state index in [1.54, 1.807) is 12.1 Å². The van der Waals surface area contributed by atoms with Crippen LogP contribution in [0.3, 0.4) is 0 Å². The van der Waals surface area contributed by atoms with Crippen molar-refractivity contribution >= 4 is 21.8 Å². The monoisotopic (exact) mass is 355 g/mol. The van der Waals surface area contributed by atoms with Crippen molar-refractivity contribution in [2.45, 2.75) is 38.0 Å². The van der Waals surface area contributed by atoms with Gasteiger partial charge in [-0.05, 0) is 30.5 Å². The lowest BCUT2D eigenvalue weighted by Gasteiger charge is -2.20. The van der Waals surface area contributed by atoms with Gasteiger partial charge in [0.05, 0.1) is 11.4 Å². The number of benzene rings is 1. The lowest BCUT2D eigenvalue weighted by Crippen LogP contribution is -2.40. The predicted molar refractivity (Wildman–Crippen MR) is 91.7 cm³/mol. The highest BCUT2D eigenvalue weighted by atomic mass is 32.2. The van der Waals surface area contributed by atoms with E-state index in [4.69, 9.17) is 5.14 Å². The lowest BCUT2D eigenvalue weighted by atomic mass is 10.1. The fraction of sp³-hybridized carbons (Fsp3) is 0.500. The number of primary sulfonamides is 1. The molecule has 0 saturated carbocycles. The van der Waals surface area contributed by atoms with Crippen molar-refractivity contribution in [1.29, 1.82) is 0 Å². The number of hydrogen-bond acceptors (Lipinski definition) is 4. The van der Waals surface area contributed by atoms with E-state index in [0.717, 1.165) is 18.4 Å². The summed E-state index contributed by atoms with van der Waals surface area (Å²) in [5, 5.41) is 7.80. The molecular weight excluding hydrogens is 330 g/mol. The van der Waals surface area contributed by atoms with Crippen molar-refractivity contribution in [3.8, 4) is 0 Å². The molecule has 24 heavy (non-hydrogen) atoms. The number of nitrogens with two attached hydrogens (primary N) is 1. The van der Waals surface area contributed by atoms with Crippen LogP contribution in [0.25, 0.3) is 0 Å². The van der Waals surface area contributed by atoms with Gasteiger partial charge in [0.15, 0.2) is 0 Å². The quantitative estimate of drug-likeness (QED) is 0.677. The summed E-state index contributed by atoms with van der Waals surface area (Å²) >= 11 is 0. The van der Waals surface area contributed by atoms with Crippen LogP contribution in [0.15, 0.2) is 29.2 Å². The Labute approximate surface area is 143 Å². The summed E-state index contributed by atoms with van der Waals surface area (Å²) in [7, 11) is -3.69. The van der Waals surface area contributed by atoms with Crippen LogP contribution in [0.4, 0.5) is 0 Å². The molecule has 0 aliphatic carbocycles. The molecule has 8 heteroatoms. The zero-order valence-corrected chi connectivity index (χ0v) is 14.9. The van der Waals surface area contributed by atoms with E-state index in [0.29, 0.717) is 19.5 Å². The van der Waals surface area contributed by atoms with Gasteiger partial charge >= 0.3 is 0 Å². The largest absolute Gasteiger partial charge is 0.354 e. The number of unbranched alkanes of at least 4 members (excludes halogenated alkanes) is 1. The molecular formula is C16H25N3O4S. The molecule has 7 nitrogen and oxygen atoms in total. The average Bonchev–Trinajstić information content (AvgIpc) is 2.50. The Morgan fingerprint density at radius 3 is 2.33 bits per heavy atom. The third kappa shape index (κ3) is 7.10. The van der Waals surface area contributed by atoms with E-state index in [1.165, 1.54) is 24.0 Å². The zero-order valence-electron chi connectivity index (χ0n) is 14.1. The maximum absolute atomic E-state index is 11.9. The molecule has 0 fully saturated rings. The van der Waals surface area contributed by atoms with Gasteiger partial charge in [-0.1, -0.05) is 25.5 Å². The van der Waals surface area contributed by atoms with Gasteiger partial charge in [-0.25, -0.2) is 13.6 Å². The van der Waals surface area contributed by atoms with Crippen LogP contribution in [-0.2, 0) is 26.0 Å². The first-order chi connectivity index (χ1) is 11.2. The fourth-order valence-corrected chi connectivity index (χ4v) is 2.63. The molecule has 0 radical (unpaired) electrons. The normalized spacial score (nSPS) is 11.1. The molecule has 0 aliphatic rings. The van der Waals surface area contributed by atoms with E-state index in [9.17, 15) is 18.0 Å². The van der Waals surface area contributed by atoms with Crippen molar-refractivity contribution in [2.24, 2.45) is 5.14 Å². The van der Waals surface area contributed by atoms with Crippen LogP contribution >= 0.6 is 0 Å². The second-order valence-corrected chi connectivity index (χ2v) is 7.14. The number of carbonyl (C=O) groups excluding carboxylic acids is 2. The van der Waals surface area contributed by atoms with Crippen molar-refractivity contribution in [2.75, 3.05) is 19.6 Å².